The van der Waals surface area contributed by atoms with Gasteiger partial charge in [0.25, 0.3) is 5.91 Å². The smallest absolute Gasteiger partial charge is 0.255 e. The van der Waals surface area contributed by atoms with Gasteiger partial charge in [0.1, 0.15) is 0 Å². The molecule has 0 fully saturated rings. The van der Waals surface area contributed by atoms with Crippen molar-refractivity contribution in [3.05, 3.63) is 70.7 Å². The Morgan fingerprint density at radius 2 is 1.41 bits per heavy atom. The molecule has 41 heavy (non-hydrogen) atoms. The zero-order chi connectivity index (χ0) is 28.3. The minimum Gasteiger partial charge on any atom is -1.00 e. The minimum absolute atomic E-state index is 0. The van der Waals surface area contributed by atoms with Crippen molar-refractivity contribution in [3.8, 4) is 11.5 Å². The van der Waals surface area contributed by atoms with Crippen LogP contribution in [0.15, 0.2) is 59.6 Å². The first kappa shape index (κ1) is 34.8. The van der Waals surface area contributed by atoms with Crippen LogP contribution in [0.25, 0.3) is 0 Å². The first-order valence-corrected chi connectivity index (χ1v) is 16.3. The average molecular weight is 646 g/mol. The van der Waals surface area contributed by atoms with Crippen molar-refractivity contribution < 1.29 is 35.8 Å². The van der Waals surface area contributed by atoms with Crippen LogP contribution < -0.4 is 36.3 Å². The second kappa shape index (κ2) is 21.3. The monoisotopic (exact) mass is 644 g/mol. The Kier molecular flexibility index (Phi) is 18.1. The number of nitrogens with one attached hydrogen (secondary N) is 1. The lowest BCUT2D eigenvalue weighted by Gasteiger charge is -2.12. The predicted octanol–water partition coefficient (Wildman–Crippen LogP) is 6.21. The number of hydrogen-bond acceptors (Lipinski definition) is 4. The van der Waals surface area contributed by atoms with E-state index < -0.39 is 0 Å². The molecule has 0 aliphatic carbocycles. The summed E-state index contributed by atoms with van der Waals surface area (Å²) in [6.07, 6.45) is 20.8. The summed E-state index contributed by atoms with van der Waals surface area (Å²) >= 11 is 1.67. The maximum absolute atomic E-state index is 12.8. The van der Waals surface area contributed by atoms with Crippen LogP contribution in [0.1, 0.15) is 113 Å². The highest BCUT2D eigenvalue weighted by molar-refractivity contribution is 7.07. The number of unbranched alkanes of at least 4 members (excludes halogenated alkanes) is 13. The van der Waals surface area contributed by atoms with Crippen molar-refractivity contribution in [2.75, 3.05) is 19.0 Å². The molecule has 0 bridgehead atoms. The van der Waals surface area contributed by atoms with E-state index in [-0.39, 0.29) is 22.9 Å². The zero-order valence-corrected chi connectivity index (χ0v) is 27.4. The van der Waals surface area contributed by atoms with Gasteiger partial charge in [-0.3, -0.25) is 4.79 Å². The summed E-state index contributed by atoms with van der Waals surface area (Å²) in [5.74, 6) is 1.10. The molecular formula is C34H49BrN2O3S. The molecule has 2 aromatic carbocycles. The highest BCUT2D eigenvalue weighted by atomic mass is 79.9. The summed E-state index contributed by atoms with van der Waals surface area (Å²) in [6.45, 7) is 3.76. The van der Waals surface area contributed by atoms with Crippen molar-refractivity contribution in [3.63, 3.8) is 0 Å². The van der Waals surface area contributed by atoms with Gasteiger partial charge in [-0.1, -0.05) is 114 Å². The topological polar surface area (TPSA) is 51.4 Å². The van der Waals surface area contributed by atoms with Gasteiger partial charge in [0.15, 0.2) is 24.2 Å². The van der Waals surface area contributed by atoms with Gasteiger partial charge in [0, 0.05) is 16.8 Å². The van der Waals surface area contributed by atoms with E-state index in [4.69, 9.17) is 9.47 Å². The Balaban J connectivity index is 0.00000588. The molecule has 226 valence electrons. The Labute approximate surface area is 262 Å². The van der Waals surface area contributed by atoms with E-state index in [0.29, 0.717) is 23.7 Å². The zero-order valence-electron chi connectivity index (χ0n) is 25.0. The number of nitrogens with zero attached hydrogens (tertiary/aromatic N) is 1. The van der Waals surface area contributed by atoms with Crippen molar-refractivity contribution in [2.45, 2.75) is 103 Å². The summed E-state index contributed by atoms with van der Waals surface area (Å²) in [5.41, 5.74) is 4.57. The van der Waals surface area contributed by atoms with Gasteiger partial charge in [-0.25, -0.2) is 0 Å². The molecule has 1 amide bonds. The number of anilines is 1. The predicted molar refractivity (Wildman–Crippen MR) is 167 cm³/mol. The maximum Gasteiger partial charge on any atom is 0.255 e. The van der Waals surface area contributed by atoms with E-state index >= 15 is 0 Å². The number of rotatable bonds is 21. The summed E-state index contributed by atoms with van der Waals surface area (Å²) in [6, 6.07) is 13.3. The highest BCUT2D eigenvalue weighted by Crippen LogP contribution is 2.29. The van der Waals surface area contributed by atoms with Gasteiger partial charge in [0.2, 0.25) is 5.51 Å². The van der Waals surface area contributed by atoms with Gasteiger partial charge in [-0.05, 0) is 36.8 Å². The van der Waals surface area contributed by atoms with Crippen LogP contribution in [0.4, 0.5) is 5.69 Å². The number of ether oxygens (including phenoxy) is 2. The molecule has 3 rings (SSSR count). The number of hydrogen-bond donors (Lipinski definition) is 1. The minimum atomic E-state index is -0.170. The van der Waals surface area contributed by atoms with Crippen molar-refractivity contribution in [1.29, 1.82) is 0 Å². The molecule has 0 aliphatic rings. The van der Waals surface area contributed by atoms with E-state index in [1.807, 2.05) is 30.3 Å². The lowest BCUT2D eigenvalue weighted by Crippen LogP contribution is -3.00. The normalized spacial score (nSPS) is 10.7. The van der Waals surface area contributed by atoms with Crippen LogP contribution in [0.3, 0.4) is 0 Å². The van der Waals surface area contributed by atoms with Gasteiger partial charge in [-0.15, -0.1) is 0 Å². The van der Waals surface area contributed by atoms with Gasteiger partial charge < -0.3 is 31.8 Å². The van der Waals surface area contributed by atoms with Crippen molar-refractivity contribution in [2.24, 2.45) is 0 Å². The molecule has 0 atom stereocenters. The quantitative estimate of drug-likeness (QED) is 0.111. The third kappa shape index (κ3) is 13.9. The molecule has 1 heterocycles. The molecular weight excluding hydrogens is 596 g/mol. The fourth-order valence-electron chi connectivity index (χ4n) is 4.87. The van der Waals surface area contributed by atoms with Crippen LogP contribution in [-0.4, -0.2) is 19.6 Å². The molecule has 7 heteroatoms. The second-order valence-corrected chi connectivity index (χ2v) is 11.4. The van der Waals surface area contributed by atoms with Crippen LogP contribution in [0.5, 0.6) is 11.5 Å². The maximum atomic E-state index is 12.8. The van der Waals surface area contributed by atoms with Crippen LogP contribution in [0, 0.1) is 0 Å². The van der Waals surface area contributed by atoms with E-state index in [2.05, 4.69) is 33.9 Å². The lowest BCUT2D eigenvalue weighted by atomic mass is 10.0. The fourth-order valence-corrected chi connectivity index (χ4v) is 5.46. The van der Waals surface area contributed by atoms with Crippen molar-refractivity contribution in [1.82, 2.24) is 0 Å². The Morgan fingerprint density at radius 3 is 1.98 bits per heavy atom. The molecule has 0 aliphatic heterocycles. The Hall–Kier alpha value is -2.38. The number of carbonyl (C=O) groups is 1. The fraction of sp³-hybridized carbons (Fsp3) is 0.529. The summed E-state index contributed by atoms with van der Waals surface area (Å²) < 4.78 is 13.6. The van der Waals surface area contributed by atoms with Crippen LogP contribution in [-0.2, 0) is 6.54 Å². The first-order valence-electron chi connectivity index (χ1n) is 15.3. The number of methoxy groups -OCH3 is 1. The number of amides is 1. The van der Waals surface area contributed by atoms with Gasteiger partial charge in [0.05, 0.1) is 19.1 Å². The Bertz CT molecular complexity index is 1090. The number of halogens is 1. The van der Waals surface area contributed by atoms with E-state index in [1.54, 1.807) is 30.6 Å². The number of carbonyl (C=O) groups excluding carboxylic acids is 1. The standard InChI is InChI=1S/C34H48N2O3S.BrH/c1-3-4-5-6-7-8-9-10-11-12-13-14-15-16-24-39-32-22-19-30(26-33(32)38-2)34(37)35-31-20-17-29(18-21-31)27-36-23-25-40-28-36;/h17-23,25-26,28H,3-16,24,27H2,1-2H3;1H. The molecule has 0 unspecified atom stereocenters. The Morgan fingerprint density at radius 1 is 0.805 bits per heavy atom. The SMILES string of the molecule is CCCCCCCCCCCCCCCCOc1ccc(C(=O)Nc2ccc(C[n+]3ccsc3)cc2)cc1OC.[Br-]. The highest BCUT2D eigenvalue weighted by Gasteiger charge is 2.12. The van der Waals surface area contributed by atoms with Crippen molar-refractivity contribution >= 4 is 22.9 Å². The van der Waals surface area contributed by atoms with Gasteiger partial charge >= 0.3 is 0 Å². The van der Waals surface area contributed by atoms with Gasteiger partial charge in [-0.2, -0.15) is 4.57 Å². The molecule has 5 nitrogen and oxygen atoms in total. The molecule has 0 spiro atoms. The second-order valence-electron chi connectivity index (χ2n) is 10.7. The summed E-state index contributed by atoms with van der Waals surface area (Å²) in [5, 5.41) is 5.03. The number of aromatic nitrogens is 1. The molecule has 0 saturated heterocycles. The molecule has 0 saturated carbocycles. The summed E-state index contributed by atoms with van der Waals surface area (Å²) in [7, 11) is 1.61. The lowest BCUT2D eigenvalue weighted by molar-refractivity contribution is -0.683. The van der Waals surface area contributed by atoms with Crippen LogP contribution >= 0.6 is 11.3 Å². The first-order chi connectivity index (χ1) is 19.7. The molecule has 1 aromatic heterocycles. The van der Waals surface area contributed by atoms with Crippen LogP contribution in [0.2, 0.25) is 0 Å². The average Bonchev–Trinajstić information content (AvgIpc) is 3.49. The molecule has 3 aromatic rings. The third-order valence-corrected chi connectivity index (χ3v) is 7.96. The van der Waals surface area contributed by atoms with E-state index in [0.717, 1.165) is 18.7 Å². The van der Waals surface area contributed by atoms with E-state index in [1.165, 1.54) is 89.0 Å². The van der Waals surface area contributed by atoms with E-state index in [9.17, 15) is 4.79 Å². The molecule has 0 radical (unpaired) electrons. The molecule has 1 N–H and O–H groups in total. The summed E-state index contributed by atoms with van der Waals surface area (Å²) in [4.78, 5) is 12.8. The largest absolute Gasteiger partial charge is 1.00 e. The number of thiazole rings is 1. The third-order valence-electron chi connectivity index (χ3n) is 7.29. The number of benzene rings is 2.